The second-order valence-electron chi connectivity index (χ2n) is 7.69. The highest BCUT2D eigenvalue weighted by atomic mass is 16.5. The van der Waals surface area contributed by atoms with Gasteiger partial charge in [0.25, 0.3) is 11.7 Å². The van der Waals surface area contributed by atoms with E-state index in [2.05, 4.69) is 11.6 Å². The SMILES string of the molecule is C=CCOc1ccc(C(O)=C2C(=O)C(=O)N(Cc3cccnc3)[C@H]2c2cccc(OC)c2)cc1. The Morgan fingerprint density at radius 2 is 1.91 bits per heavy atom. The Bertz CT molecular complexity index is 1240. The number of ketones is 1. The number of rotatable bonds is 8. The second kappa shape index (κ2) is 10.0. The van der Waals surface area contributed by atoms with Crippen LogP contribution in [0.3, 0.4) is 0 Å². The summed E-state index contributed by atoms with van der Waals surface area (Å²) in [5.74, 6) is -0.522. The molecule has 0 spiro atoms. The van der Waals surface area contributed by atoms with Gasteiger partial charge in [0.05, 0.1) is 18.7 Å². The van der Waals surface area contributed by atoms with Crippen LogP contribution < -0.4 is 9.47 Å². The average Bonchev–Trinajstić information content (AvgIpc) is 3.13. The van der Waals surface area contributed by atoms with Gasteiger partial charge >= 0.3 is 0 Å². The number of pyridine rings is 1. The number of aliphatic hydroxyl groups excluding tert-OH is 1. The fraction of sp³-hybridized carbons (Fsp3) is 0.148. The van der Waals surface area contributed by atoms with E-state index < -0.39 is 17.7 Å². The summed E-state index contributed by atoms with van der Waals surface area (Å²) in [5, 5.41) is 11.2. The first-order valence-electron chi connectivity index (χ1n) is 10.7. The van der Waals surface area contributed by atoms with Crippen molar-refractivity contribution in [2.45, 2.75) is 12.6 Å². The van der Waals surface area contributed by atoms with Gasteiger partial charge in [-0.2, -0.15) is 0 Å². The van der Waals surface area contributed by atoms with E-state index in [0.29, 0.717) is 29.2 Å². The number of ether oxygens (including phenoxy) is 2. The average molecular weight is 456 g/mol. The smallest absolute Gasteiger partial charge is 0.295 e. The molecule has 0 unspecified atom stereocenters. The third-order valence-corrected chi connectivity index (χ3v) is 5.52. The van der Waals surface area contributed by atoms with E-state index in [1.807, 2.05) is 6.07 Å². The Kier molecular flexibility index (Phi) is 6.73. The first-order chi connectivity index (χ1) is 16.5. The van der Waals surface area contributed by atoms with Crippen molar-refractivity contribution in [1.82, 2.24) is 9.88 Å². The molecule has 1 N–H and O–H groups in total. The quantitative estimate of drug-likeness (QED) is 0.236. The monoisotopic (exact) mass is 456 g/mol. The summed E-state index contributed by atoms with van der Waals surface area (Å²) in [7, 11) is 1.54. The zero-order chi connectivity index (χ0) is 24.1. The lowest BCUT2D eigenvalue weighted by molar-refractivity contribution is -0.140. The van der Waals surface area contributed by atoms with Crippen molar-refractivity contribution in [2.24, 2.45) is 0 Å². The van der Waals surface area contributed by atoms with Gasteiger partial charge in [-0.15, -0.1) is 0 Å². The van der Waals surface area contributed by atoms with Gasteiger partial charge in [0.2, 0.25) is 0 Å². The summed E-state index contributed by atoms with van der Waals surface area (Å²) in [5.41, 5.74) is 1.83. The topological polar surface area (TPSA) is 89.0 Å². The Hall–Kier alpha value is -4.39. The standard InChI is InChI=1S/C27H24N2O5/c1-3-14-34-21-11-9-19(10-12-21)25(30)23-24(20-7-4-8-22(15-20)33-2)29(27(32)26(23)31)17-18-6-5-13-28-16-18/h3-13,15-16,24,30H,1,14,17H2,2H3/t24-/m0/s1. The molecule has 1 saturated heterocycles. The summed E-state index contributed by atoms with van der Waals surface area (Å²) >= 11 is 0. The highest BCUT2D eigenvalue weighted by Crippen LogP contribution is 2.41. The largest absolute Gasteiger partial charge is 0.507 e. The minimum Gasteiger partial charge on any atom is -0.507 e. The van der Waals surface area contributed by atoms with Crippen molar-refractivity contribution in [2.75, 3.05) is 13.7 Å². The van der Waals surface area contributed by atoms with Crippen molar-refractivity contribution in [3.05, 3.63) is 108 Å². The third kappa shape index (κ3) is 4.54. The Balaban J connectivity index is 1.80. The number of hydrogen-bond acceptors (Lipinski definition) is 6. The number of methoxy groups -OCH3 is 1. The van der Waals surface area contributed by atoms with Crippen molar-refractivity contribution < 1.29 is 24.2 Å². The van der Waals surface area contributed by atoms with Gasteiger partial charge in [0, 0.05) is 24.5 Å². The van der Waals surface area contributed by atoms with E-state index in [4.69, 9.17) is 9.47 Å². The van der Waals surface area contributed by atoms with Crippen LogP contribution >= 0.6 is 0 Å². The molecule has 0 saturated carbocycles. The van der Waals surface area contributed by atoms with Crippen molar-refractivity contribution in [1.29, 1.82) is 0 Å². The molecular weight excluding hydrogens is 432 g/mol. The van der Waals surface area contributed by atoms with Crippen LogP contribution in [0.4, 0.5) is 0 Å². The van der Waals surface area contributed by atoms with E-state index in [-0.39, 0.29) is 17.9 Å². The van der Waals surface area contributed by atoms with Gasteiger partial charge in [-0.1, -0.05) is 30.9 Å². The predicted molar refractivity (Wildman–Crippen MR) is 127 cm³/mol. The molecule has 7 nitrogen and oxygen atoms in total. The number of hydrogen-bond donors (Lipinski definition) is 1. The minimum atomic E-state index is -0.799. The van der Waals surface area contributed by atoms with Crippen LogP contribution in [0.25, 0.3) is 5.76 Å². The highest BCUT2D eigenvalue weighted by Gasteiger charge is 2.46. The molecule has 1 aliphatic heterocycles. The minimum absolute atomic E-state index is 0.0157. The number of nitrogens with zero attached hydrogens (tertiary/aromatic N) is 2. The summed E-state index contributed by atoms with van der Waals surface area (Å²) < 4.78 is 10.8. The van der Waals surface area contributed by atoms with Gasteiger partial charge in [-0.05, 0) is 53.6 Å². The van der Waals surface area contributed by atoms with Gasteiger partial charge in [-0.3, -0.25) is 14.6 Å². The Morgan fingerprint density at radius 1 is 1.12 bits per heavy atom. The first kappa shape index (κ1) is 22.8. The van der Waals surface area contributed by atoms with Crippen molar-refractivity contribution in [3.63, 3.8) is 0 Å². The zero-order valence-electron chi connectivity index (χ0n) is 18.7. The van der Waals surface area contributed by atoms with Crippen LogP contribution in [-0.2, 0) is 16.1 Å². The molecule has 1 atom stereocenters. The molecule has 3 aromatic rings. The number of likely N-dealkylation sites (tertiary alicyclic amines) is 1. The van der Waals surface area contributed by atoms with E-state index in [0.717, 1.165) is 5.56 Å². The van der Waals surface area contributed by atoms with Crippen LogP contribution in [-0.4, -0.2) is 40.4 Å². The van der Waals surface area contributed by atoms with Crippen molar-refractivity contribution in [3.8, 4) is 11.5 Å². The van der Waals surface area contributed by atoms with Gasteiger partial charge in [-0.25, -0.2) is 0 Å². The van der Waals surface area contributed by atoms with E-state index in [1.165, 1.54) is 4.90 Å². The van der Waals surface area contributed by atoms with E-state index in [9.17, 15) is 14.7 Å². The van der Waals surface area contributed by atoms with Crippen LogP contribution in [0.2, 0.25) is 0 Å². The molecule has 1 amide bonds. The molecule has 0 bridgehead atoms. The fourth-order valence-electron chi connectivity index (χ4n) is 3.91. The number of carbonyl (C=O) groups is 2. The Labute approximate surface area is 197 Å². The van der Waals surface area contributed by atoms with Gasteiger partial charge in [0.15, 0.2) is 0 Å². The van der Waals surface area contributed by atoms with Gasteiger partial charge in [0.1, 0.15) is 23.9 Å². The highest BCUT2D eigenvalue weighted by molar-refractivity contribution is 6.46. The summed E-state index contributed by atoms with van der Waals surface area (Å²) in [4.78, 5) is 31.8. The lowest BCUT2D eigenvalue weighted by Crippen LogP contribution is -2.29. The number of benzene rings is 2. The third-order valence-electron chi connectivity index (χ3n) is 5.52. The molecule has 1 aromatic heterocycles. The molecule has 0 aliphatic carbocycles. The number of aliphatic hydroxyl groups is 1. The molecule has 34 heavy (non-hydrogen) atoms. The normalized spacial score (nSPS) is 17.0. The van der Waals surface area contributed by atoms with E-state index in [1.54, 1.807) is 80.2 Å². The van der Waals surface area contributed by atoms with Gasteiger partial charge < -0.3 is 19.5 Å². The number of amides is 1. The molecule has 172 valence electrons. The van der Waals surface area contributed by atoms with E-state index >= 15 is 0 Å². The summed E-state index contributed by atoms with van der Waals surface area (Å²) in [6, 6.07) is 16.6. The number of carbonyl (C=O) groups excluding carboxylic acids is 2. The lowest BCUT2D eigenvalue weighted by atomic mass is 9.95. The van der Waals surface area contributed by atoms with Crippen LogP contribution in [0.15, 0.2) is 91.3 Å². The predicted octanol–water partition coefficient (Wildman–Crippen LogP) is 4.28. The lowest BCUT2D eigenvalue weighted by Gasteiger charge is -2.25. The maximum absolute atomic E-state index is 13.2. The van der Waals surface area contributed by atoms with Crippen LogP contribution in [0.1, 0.15) is 22.7 Å². The molecule has 4 rings (SSSR count). The summed E-state index contributed by atoms with van der Waals surface area (Å²) in [6.07, 6.45) is 4.91. The van der Waals surface area contributed by atoms with Crippen LogP contribution in [0.5, 0.6) is 11.5 Å². The molecule has 1 aliphatic rings. The first-order valence-corrected chi connectivity index (χ1v) is 10.7. The number of Topliss-reactive ketones (excluding diaryl/α,β-unsaturated/α-hetero) is 1. The molecule has 7 heteroatoms. The maximum Gasteiger partial charge on any atom is 0.295 e. The molecule has 2 aromatic carbocycles. The van der Waals surface area contributed by atoms with Crippen LogP contribution in [0, 0.1) is 0 Å². The molecule has 2 heterocycles. The Morgan fingerprint density at radius 3 is 2.59 bits per heavy atom. The molecule has 0 radical (unpaired) electrons. The molecule has 1 fully saturated rings. The second-order valence-corrected chi connectivity index (χ2v) is 7.69. The summed E-state index contributed by atoms with van der Waals surface area (Å²) in [6.45, 7) is 4.12. The number of aromatic nitrogens is 1. The van der Waals surface area contributed by atoms with Crippen molar-refractivity contribution >= 4 is 17.4 Å². The maximum atomic E-state index is 13.2. The molecular formula is C27H24N2O5. The fourth-order valence-corrected chi connectivity index (χ4v) is 3.91. The zero-order valence-corrected chi connectivity index (χ0v) is 18.7.